The number of hydrogen-bond acceptors (Lipinski definition) is 4. The van der Waals surface area contributed by atoms with Crippen molar-refractivity contribution in [2.75, 3.05) is 0 Å². The van der Waals surface area contributed by atoms with Gasteiger partial charge in [0.1, 0.15) is 18.0 Å². The molecule has 3 aliphatic rings. The van der Waals surface area contributed by atoms with Crippen LogP contribution in [0.15, 0.2) is 76.7 Å². The number of hydrogen-bond donors (Lipinski definition) is 0. The lowest BCUT2D eigenvalue weighted by Crippen LogP contribution is -2.05. The van der Waals surface area contributed by atoms with Crippen LogP contribution < -0.4 is 0 Å². The number of aliphatic imine (C=N–C) groups is 1. The SMILES string of the molecule is Fc1cc2c(cc1F)N=CC2.Fc1ccc2nc(-n3cnc4cc(F)c(F)cc43)n(C3CC3)c2c1.Fc1ccc2nc(Br)n(C3CC3)c2c1. The molecule has 0 atom stereocenters. The van der Waals surface area contributed by atoms with Crippen LogP contribution in [0, 0.1) is 34.9 Å². The van der Waals surface area contributed by atoms with Gasteiger partial charge in [-0.2, -0.15) is 0 Å². The normalized spacial score (nSPS) is 15.0. The van der Waals surface area contributed by atoms with Crippen LogP contribution in [0.25, 0.3) is 39.0 Å². The van der Waals surface area contributed by atoms with Crippen molar-refractivity contribution in [1.29, 1.82) is 0 Å². The number of aromatic nitrogens is 6. The van der Waals surface area contributed by atoms with Gasteiger partial charge in [-0.25, -0.2) is 41.3 Å². The Morgan fingerprint density at radius 1 is 0.612 bits per heavy atom. The zero-order valence-electron chi connectivity index (χ0n) is 25.4. The van der Waals surface area contributed by atoms with E-state index >= 15 is 0 Å². The molecule has 1 aliphatic heterocycles. The third-order valence-electron chi connectivity index (χ3n) is 8.53. The first-order chi connectivity index (χ1) is 23.6. The molecule has 248 valence electrons. The monoisotopic (exact) mass is 735 g/mol. The van der Waals surface area contributed by atoms with E-state index in [1.165, 1.54) is 43.4 Å². The Bertz CT molecular complexity index is 2440. The fourth-order valence-electron chi connectivity index (χ4n) is 5.90. The Balaban J connectivity index is 0.000000118. The van der Waals surface area contributed by atoms with Crippen LogP contribution in [0.4, 0.5) is 32.0 Å². The van der Waals surface area contributed by atoms with Gasteiger partial charge in [0.15, 0.2) is 28.0 Å². The molecule has 2 aliphatic carbocycles. The summed E-state index contributed by atoms with van der Waals surface area (Å²) < 4.78 is 85.3. The van der Waals surface area contributed by atoms with E-state index < -0.39 is 23.3 Å². The van der Waals surface area contributed by atoms with E-state index in [1.54, 1.807) is 29.0 Å². The molecule has 2 fully saturated rings. The largest absolute Gasteiger partial charge is 0.315 e. The van der Waals surface area contributed by atoms with Crippen molar-refractivity contribution in [1.82, 2.24) is 28.7 Å². The number of benzene rings is 4. The lowest BCUT2D eigenvalue weighted by molar-refractivity contribution is 0.508. The molecule has 4 aromatic carbocycles. The van der Waals surface area contributed by atoms with Crippen LogP contribution in [0.5, 0.6) is 0 Å². The number of imidazole rings is 3. The molecular weight excluding hydrogens is 712 g/mol. The summed E-state index contributed by atoms with van der Waals surface area (Å²) in [6, 6.07) is 14.4. The predicted molar refractivity (Wildman–Crippen MR) is 176 cm³/mol. The van der Waals surface area contributed by atoms with Crippen molar-refractivity contribution < 1.29 is 26.3 Å². The molecule has 0 N–H and O–H groups in total. The number of fused-ring (bicyclic) bond motifs is 4. The summed E-state index contributed by atoms with van der Waals surface area (Å²) in [5, 5.41) is 0. The second-order valence-corrected chi connectivity index (χ2v) is 12.8. The first-order valence-corrected chi connectivity index (χ1v) is 16.3. The minimum atomic E-state index is -0.940. The first-order valence-electron chi connectivity index (χ1n) is 15.5. The molecule has 14 heteroatoms. The summed E-state index contributed by atoms with van der Waals surface area (Å²) in [7, 11) is 0. The molecule has 0 saturated heterocycles. The second kappa shape index (κ2) is 12.2. The van der Waals surface area contributed by atoms with Crippen LogP contribution in [0.3, 0.4) is 0 Å². The Morgan fingerprint density at radius 3 is 1.90 bits per heavy atom. The summed E-state index contributed by atoms with van der Waals surface area (Å²) in [4.78, 5) is 16.9. The highest BCUT2D eigenvalue weighted by molar-refractivity contribution is 9.10. The molecule has 7 nitrogen and oxygen atoms in total. The maximum absolute atomic E-state index is 13.7. The Kier molecular flexibility index (Phi) is 7.77. The molecule has 0 bridgehead atoms. The predicted octanol–water partition coefficient (Wildman–Crippen LogP) is 9.62. The van der Waals surface area contributed by atoms with Gasteiger partial charge in [0.25, 0.3) is 0 Å². The summed E-state index contributed by atoms with van der Waals surface area (Å²) >= 11 is 3.40. The average Bonchev–Trinajstić information content (AvgIpc) is 3.94. The van der Waals surface area contributed by atoms with E-state index in [0.29, 0.717) is 46.2 Å². The Morgan fingerprint density at radius 2 is 1.20 bits per heavy atom. The van der Waals surface area contributed by atoms with Crippen LogP contribution in [-0.4, -0.2) is 34.9 Å². The van der Waals surface area contributed by atoms with E-state index in [0.717, 1.165) is 52.4 Å². The van der Waals surface area contributed by atoms with Gasteiger partial charge >= 0.3 is 0 Å². The molecule has 3 aromatic heterocycles. The third-order valence-corrected chi connectivity index (χ3v) is 9.09. The molecule has 10 rings (SSSR count). The van der Waals surface area contributed by atoms with Crippen LogP contribution >= 0.6 is 15.9 Å². The molecule has 49 heavy (non-hydrogen) atoms. The lowest BCUT2D eigenvalue weighted by Gasteiger charge is -2.09. The van der Waals surface area contributed by atoms with Crippen molar-refractivity contribution in [3.63, 3.8) is 0 Å². The topological polar surface area (TPSA) is 65.8 Å². The molecule has 0 spiro atoms. The maximum atomic E-state index is 13.7. The van der Waals surface area contributed by atoms with Gasteiger partial charge in [0, 0.05) is 42.9 Å². The van der Waals surface area contributed by atoms with Crippen LogP contribution in [0.2, 0.25) is 0 Å². The molecule has 7 aromatic rings. The van der Waals surface area contributed by atoms with Crippen molar-refractivity contribution >= 4 is 60.9 Å². The van der Waals surface area contributed by atoms with Crippen molar-refractivity contribution in [3.05, 3.63) is 112 Å². The maximum Gasteiger partial charge on any atom is 0.216 e. The standard InChI is InChI=1S/C17H11F3N4.C10H8BrFN2.C8H5F2N/c18-9-1-4-13-16(5-9)24(10-2-3-10)17(22-13)23-8-21-14-6-11(19)12(20)7-15(14)23;11-10-13-8-4-1-6(12)5-9(8)14(10)7-2-3-7;9-6-3-5-1-2-11-8(5)4-7(6)10/h1,4-8,10H,2-3H2;1,4-5,7H,2-3H2;2-4H,1H2. The second-order valence-electron chi connectivity index (χ2n) is 12.0. The molecule has 0 amide bonds. The van der Waals surface area contributed by atoms with Gasteiger partial charge in [-0.1, -0.05) is 0 Å². The number of nitrogens with zero attached hydrogens (tertiary/aromatic N) is 7. The van der Waals surface area contributed by atoms with Crippen molar-refractivity contribution in [2.45, 2.75) is 44.2 Å². The lowest BCUT2D eigenvalue weighted by atomic mass is 10.1. The zero-order chi connectivity index (χ0) is 34.0. The van der Waals surface area contributed by atoms with Gasteiger partial charge in [0.05, 0.1) is 38.8 Å². The summed E-state index contributed by atoms with van der Waals surface area (Å²) in [6.07, 6.45) is 8.02. The van der Waals surface area contributed by atoms with Crippen LogP contribution in [-0.2, 0) is 6.42 Å². The van der Waals surface area contributed by atoms with Crippen molar-refractivity contribution in [2.24, 2.45) is 4.99 Å². The van der Waals surface area contributed by atoms with E-state index in [2.05, 4.69) is 40.4 Å². The third kappa shape index (κ3) is 5.98. The highest BCUT2D eigenvalue weighted by Gasteiger charge is 2.30. The first kappa shape index (κ1) is 31.3. The number of halogens is 7. The van der Waals surface area contributed by atoms with Crippen LogP contribution in [0.1, 0.15) is 43.3 Å². The van der Waals surface area contributed by atoms with E-state index in [-0.39, 0.29) is 17.7 Å². The van der Waals surface area contributed by atoms with Gasteiger partial charge in [-0.3, -0.25) is 9.56 Å². The zero-order valence-corrected chi connectivity index (χ0v) is 27.0. The average molecular weight is 737 g/mol. The minimum absolute atomic E-state index is 0.202. The smallest absolute Gasteiger partial charge is 0.216 e. The van der Waals surface area contributed by atoms with Gasteiger partial charge in [0.2, 0.25) is 5.95 Å². The summed E-state index contributed by atoms with van der Waals surface area (Å²) in [6.45, 7) is 0. The number of rotatable bonds is 3. The van der Waals surface area contributed by atoms with Gasteiger partial charge < -0.3 is 9.13 Å². The van der Waals surface area contributed by atoms with E-state index in [9.17, 15) is 26.3 Å². The summed E-state index contributed by atoms with van der Waals surface area (Å²) in [5.41, 5.74) is 5.15. The fraction of sp³-hybridized carbons (Fsp3) is 0.200. The molecule has 4 heterocycles. The molecule has 0 unspecified atom stereocenters. The Labute approximate surface area is 282 Å². The van der Waals surface area contributed by atoms with E-state index in [1.807, 2.05) is 4.57 Å². The summed E-state index contributed by atoms with van der Waals surface area (Å²) in [5.74, 6) is -3.51. The highest BCUT2D eigenvalue weighted by atomic mass is 79.9. The Hall–Kier alpha value is -4.98. The molecular formula is C35H24BrF6N7. The molecule has 2 saturated carbocycles. The van der Waals surface area contributed by atoms with Gasteiger partial charge in [-0.15, -0.1) is 0 Å². The van der Waals surface area contributed by atoms with Gasteiger partial charge in [-0.05, 0) is 89.6 Å². The fourth-order valence-corrected chi connectivity index (χ4v) is 6.57. The quantitative estimate of drug-likeness (QED) is 0.170. The minimum Gasteiger partial charge on any atom is -0.315 e. The molecule has 0 radical (unpaired) electrons. The highest BCUT2D eigenvalue weighted by Crippen LogP contribution is 2.41. The van der Waals surface area contributed by atoms with Crippen molar-refractivity contribution in [3.8, 4) is 5.95 Å². The van der Waals surface area contributed by atoms with E-state index in [4.69, 9.17) is 0 Å².